The molecule has 2 aromatic rings. The minimum Gasteiger partial charge on any atom is -0.368 e. The Balaban J connectivity index is 1.68. The van der Waals surface area contributed by atoms with Gasteiger partial charge in [0.05, 0.1) is 4.92 Å². The molecule has 0 bridgehead atoms. The van der Waals surface area contributed by atoms with Crippen LogP contribution in [0.25, 0.3) is 0 Å². The number of hydrogen-bond donors (Lipinski definition) is 0. The van der Waals surface area contributed by atoms with Gasteiger partial charge in [-0.05, 0) is 13.0 Å². The van der Waals surface area contributed by atoms with Gasteiger partial charge in [0, 0.05) is 55.5 Å². The lowest BCUT2D eigenvalue weighted by molar-refractivity contribution is -0.384. The monoisotopic (exact) mass is 305 g/mol. The van der Waals surface area contributed by atoms with Gasteiger partial charge < -0.3 is 9.80 Å². The van der Waals surface area contributed by atoms with Crippen LogP contribution in [0.1, 0.15) is 5.82 Å². The zero-order valence-electron chi connectivity index (χ0n) is 11.6. The van der Waals surface area contributed by atoms with Gasteiger partial charge in [0.1, 0.15) is 5.82 Å². The van der Waals surface area contributed by atoms with Gasteiger partial charge in [-0.1, -0.05) is 6.07 Å². The van der Waals surface area contributed by atoms with Gasteiger partial charge in [-0.25, -0.2) is 4.98 Å². The van der Waals surface area contributed by atoms with E-state index in [0.29, 0.717) is 0 Å². The van der Waals surface area contributed by atoms with Gasteiger partial charge in [0.15, 0.2) is 0 Å². The molecule has 0 spiro atoms. The van der Waals surface area contributed by atoms with E-state index in [4.69, 9.17) is 0 Å². The molecule has 21 heavy (non-hydrogen) atoms. The van der Waals surface area contributed by atoms with Crippen molar-refractivity contribution in [3.63, 3.8) is 0 Å². The average molecular weight is 305 g/mol. The Morgan fingerprint density at radius 3 is 2.57 bits per heavy atom. The second-order valence-electron chi connectivity index (χ2n) is 4.88. The summed E-state index contributed by atoms with van der Waals surface area (Å²) in [5.74, 6) is 0.802. The SMILES string of the molecule is Cc1nsc(N2CCN(c3cccc([N+](=O)[O-])c3)CC2)n1. The Labute approximate surface area is 126 Å². The van der Waals surface area contributed by atoms with Crippen LogP contribution in [0.15, 0.2) is 24.3 Å². The lowest BCUT2D eigenvalue weighted by Crippen LogP contribution is -2.46. The van der Waals surface area contributed by atoms with E-state index in [0.717, 1.165) is 42.8 Å². The van der Waals surface area contributed by atoms with E-state index in [1.165, 1.54) is 17.6 Å². The van der Waals surface area contributed by atoms with Crippen molar-refractivity contribution < 1.29 is 4.92 Å². The summed E-state index contributed by atoms with van der Waals surface area (Å²) in [5.41, 5.74) is 1.03. The highest BCUT2D eigenvalue weighted by molar-refractivity contribution is 7.09. The lowest BCUT2D eigenvalue weighted by Gasteiger charge is -2.35. The van der Waals surface area contributed by atoms with Crippen LogP contribution < -0.4 is 9.80 Å². The number of non-ortho nitro benzene ring substituents is 1. The minimum atomic E-state index is -0.357. The van der Waals surface area contributed by atoms with Crippen LogP contribution in [0.5, 0.6) is 0 Å². The molecule has 1 aromatic heterocycles. The zero-order valence-corrected chi connectivity index (χ0v) is 12.4. The maximum absolute atomic E-state index is 10.8. The van der Waals surface area contributed by atoms with Gasteiger partial charge in [-0.2, -0.15) is 4.37 Å². The first-order valence-electron chi connectivity index (χ1n) is 6.68. The Morgan fingerprint density at radius 1 is 1.24 bits per heavy atom. The predicted octanol–water partition coefficient (Wildman–Crippen LogP) is 2.08. The Morgan fingerprint density at radius 2 is 1.95 bits per heavy atom. The normalized spacial score (nSPS) is 15.3. The first-order chi connectivity index (χ1) is 10.1. The summed E-state index contributed by atoms with van der Waals surface area (Å²) >= 11 is 1.42. The van der Waals surface area contributed by atoms with Crippen LogP contribution in [0.3, 0.4) is 0 Å². The zero-order chi connectivity index (χ0) is 14.8. The van der Waals surface area contributed by atoms with Gasteiger partial charge in [-0.15, -0.1) is 0 Å². The number of nitrogens with zero attached hydrogens (tertiary/aromatic N) is 5. The Bertz CT molecular complexity index is 652. The molecule has 3 rings (SSSR count). The van der Waals surface area contributed by atoms with Gasteiger partial charge in [-0.3, -0.25) is 10.1 Å². The Kier molecular flexibility index (Phi) is 3.70. The van der Waals surface area contributed by atoms with Crippen LogP contribution in [-0.4, -0.2) is 40.5 Å². The fourth-order valence-electron chi connectivity index (χ4n) is 2.37. The number of aryl methyl sites for hydroxylation is 1. The first-order valence-corrected chi connectivity index (χ1v) is 7.45. The summed E-state index contributed by atoms with van der Waals surface area (Å²) in [6.07, 6.45) is 0. The third-order valence-electron chi connectivity index (χ3n) is 3.47. The summed E-state index contributed by atoms with van der Waals surface area (Å²) in [4.78, 5) is 19.2. The molecule has 0 saturated carbocycles. The molecule has 0 N–H and O–H groups in total. The molecular weight excluding hydrogens is 290 g/mol. The van der Waals surface area contributed by atoms with Crippen molar-refractivity contribution in [3.8, 4) is 0 Å². The molecule has 7 nitrogen and oxygen atoms in total. The third-order valence-corrected chi connectivity index (χ3v) is 4.34. The molecule has 0 atom stereocenters. The van der Waals surface area contributed by atoms with Crippen molar-refractivity contribution in [1.29, 1.82) is 0 Å². The number of nitro groups is 1. The van der Waals surface area contributed by atoms with Gasteiger partial charge in [0.25, 0.3) is 5.69 Å². The lowest BCUT2D eigenvalue weighted by atomic mass is 10.2. The average Bonchev–Trinajstić information content (AvgIpc) is 2.94. The standard InChI is InChI=1S/C13H15N5O2S/c1-10-14-13(21-15-10)17-7-5-16(6-8-17)11-3-2-4-12(9-11)18(19)20/h2-4,9H,5-8H2,1H3. The molecule has 8 heteroatoms. The van der Waals surface area contributed by atoms with Crippen molar-refractivity contribution in [2.45, 2.75) is 6.92 Å². The van der Waals surface area contributed by atoms with E-state index in [9.17, 15) is 10.1 Å². The number of anilines is 2. The summed E-state index contributed by atoms with van der Waals surface area (Å²) in [6, 6.07) is 6.79. The number of benzene rings is 1. The van der Waals surface area contributed by atoms with E-state index in [-0.39, 0.29) is 10.6 Å². The second kappa shape index (κ2) is 5.65. The molecule has 0 unspecified atom stereocenters. The molecule has 0 amide bonds. The molecule has 2 heterocycles. The van der Waals surface area contributed by atoms with Crippen LogP contribution >= 0.6 is 11.5 Å². The van der Waals surface area contributed by atoms with E-state index in [1.807, 2.05) is 13.0 Å². The molecule has 1 fully saturated rings. The van der Waals surface area contributed by atoms with E-state index < -0.39 is 0 Å². The Hall–Kier alpha value is -2.22. The minimum absolute atomic E-state index is 0.134. The summed E-state index contributed by atoms with van der Waals surface area (Å²) in [7, 11) is 0. The summed E-state index contributed by atoms with van der Waals surface area (Å²) in [5, 5.41) is 11.8. The van der Waals surface area contributed by atoms with Gasteiger partial charge >= 0.3 is 0 Å². The second-order valence-corrected chi connectivity index (χ2v) is 5.61. The molecule has 1 aliphatic rings. The first kappa shape index (κ1) is 13.7. The number of hydrogen-bond acceptors (Lipinski definition) is 7. The van der Waals surface area contributed by atoms with E-state index in [1.54, 1.807) is 12.1 Å². The highest BCUT2D eigenvalue weighted by atomic mass is 32.1. The van der Waals surface area contributed by atoms with E-state index in [2.05, 4.69) is 19.2 Å². The number of piperazine rings is 1. The van der Waals surface area contributed by atoms with Crippen LogP contribution in [0.2, 0.25) is 0 Å². The van der Waals surface area contributed by atoms with Crippen molar-refractivity contribution in [1.82, 2.24) is 9.36 Å². The molecule has 1 saturated heterocycles. The van der Waals surface area contributed by atoms with Crippen LogP contribution in [-0.2, 0) is 0 Å². The molecule has 0 radical (unpaired) electrons. The molecule has 1 aliphatic heterocycles. The van der Waals surface area contributed by atoms with Crippen molar-refractivity contribution in [2.24, 2.45) is 0 Å². The highest BCUT2D eigenvalue weighted by Crippen LogP contribution is 2.24. The third kappa shape index (κ3) is 2.94. The van der Waals surface area contributed by atoms with Crippen molar-refractivity contribution in [3.05, 3.63) is 40.2 Å². The number of nitro benzene ring substituents is 1. The van der Waals surface area contributed by atoms with Crippen LogP contribution in [0.4, 0.5) is 16.5 Å². The van der Waals surface area contributed by atoms with E-state index >= 15 is 0 Å². The van der Waals surface area contributed by atoms with Crippen LogP contribution in [0, 0.1) is 17.0 Å². The molecular formula is C13H15N5O2S. The maximum atomic E-state index is 10.8. The maximum Gasteiger partial charge on any atom is 0.271 e. The fourth-order valence-corrected chi connectivity index (χ4v) is 3.10. The fraction of sp³-hybridized carbons (Fsp3) is 0.385. The summed E-state index contributed by atoms with van der Waals surface area (Å²) < 4.78 is 4.20. The highest BCUT2D eigenvalue weighted by Gasteiger charge is 2.20. The van der Waals surface area contributed by atoms with Crippen molar-refractivity contribution >= 4 is 28.0 Å². The smallest absolute Gasteiger partial charge is 0.271 e. The summed E-state index contributed by atoms with van der Waals surface area (Å²) in [6.45, 7) is 5.22. The van der Waals surface area contributed by atoms with Crippen molar-refractivity contribution in [2.75, 3.05) is 36.0 Å². The number of rotatable bonds is 3. The largest absolute Gasteiger partial charge is 0.368 e. The molecule has 1 aromatic carbocycles. The predicted molar refractivity (Wildman–Crippen MR) is 82.2 cm³/mol. The van der Waals surface area contributed by atoms with Gasteiger partial charge in [0.2, 0.25) is 5.13 Å². The molecule has 0 aliphatic carbocycles. The topological polar surface area (TPSA) is 75.4 Å². The number of aromatic nitrogens is 2. The quantitative estimate of drug-likeness (QED) is 0.638. The molecule has 110 valence electrons.